The molecule has 2 unspecified atom stereocenters. The normalized spacial score (nSPS) is 23.4. The van der Waals surface area contributed by atoms with Gasteiger partial charge in [-0.25, -0.2) is 4.39 Å². The highest BCUT2D eigenvalue weighted by Crippen LogP contribution is 2.26. The topological polar surface area (TPSA) is 55.6 Å². The number of hydrogen-bond donors (Lipinski definition) is 1. The number of nitrogens with two attached hydrogens (primary N) is 1. The summed E-state index contributed by atoms with van der Waals surface area (Å²) in [6.07, 6.45) is 2.37. The van der Waals surface area contributed by atoms with E-state index in [2.05, 4.69) is 0 Å². The van der Waals surface area contributed by atoms with Gasteiger partial charge in [-0.2, -0.15) is 11.8 Å². The predicted molar refractivity (Wildman–Crippen MR) is 87.2 cm³/mol. The largest absolute Gasteiger partial charge is 0.367 e. The lowest BCUT2D eigenvalue weighted by Gasteiger charge is -2.38. The lowest BCUT2D eigenvalue weighted by Crippen LogP contribution is -2.51. The van der Waals surface area contributed by atoms with Crippen LogP contribution in [0.1, 0.15) is 25.0 Å². The summed E-state index contributed by atoms with van der Waals surface area (Å²) in [5.41, 5.74) is 6.87. The van der Waals surface area contributed by atoms with Crippen LogP contribution in [0, 0.1) is 5.82 Å². The van der Waals surface area contributed by atoms with Gasteiger partial charge in [0.2, 0.25) is 5.91 Å². The van der Waals surface area contributed by atoms with Crippen molar-refractivity contribution in [2.75, 3.05) is 25.1 Å². The van der Waals surface area contributed by atoms with Crippen LogP contribution in [0.15, 0.2) is 24.3 Å². The van der Waals surface area contributed by atoms with Gasteiger partial charge >= 0.3 is 0 Å². The second-order valence-electron chi connectivity index (χ2n) is 5.62. The SMILES string of the molecule is CSCC[C@H](N)C(=O)N1CC(C)OC(c2ccc(F)cc2)C1. The van der Waals surface area contributed by atoms with E-state index in [1.807, 2.05) is 13.2 Å². The third-order valence-electron chi connectivity index (χ3n) is 3.76. The van der Waals surface area contributed by atoms with Gasteiger partial charge in [-0.1, -0.05) is 12.1 Å². The fourth-order valence-electron chi connectivity index (χ4n) is 2.60. The lowest BCUT2D eigenvalue weighted by molar-refractivity contribution is -0.146. The minimum atomic E-state index is -0.466. The van der Waals surface area contributed by atoms with Crippen molar-refractivity contribution in [1.29, 1.82) is 0 Å². The molecule has 1 amide bonds. The van der Waals surface area contributed by atoms with Crippen molar-refractivity contribution < 1.29 is 13.9 Å². The van der Waals surface area contributed by atoms with Gasteiger partial charge in [0, 0.05) is 6.54 Å². The molecule has 122 valence electrons. The van der Waals surface area contributed by atoms with Crippen LogP contribution in [0.5, 0.6) is 0 Å². The smallest absolute Gasteiger partial charge is 0.239 e. The molecule has 22 heavy (non-hydrogen) atoms. The molecule has 6 heteroatoms. The van der Waals surface area contributed by atoms with Crippen LogP contribution in [0.3, 0.4) is 0 Å². The molecule has 0 radical (unpaired) electrons. The van der Waals surface area contributed by atoms with Gasteiger partial charge in [0.05, 0.1) is 18.7 Å². The molecule has 1 fully saturated rings. The molecular weight excluding hydrogens is 303 g/mol. The Morgan fingerprint density at radius 2 is 2.14 bits per heavy atom. The molecule has 1 aliphatic rings. The van der Waals surface area contributed by atoms with E-state index < -0.39 is 6.04 Å². The molecule has 2 N–H and O–H groups in total. The van der Waals surface area contributed by atoms with Crippen molar-refractivity contribution in [2.24, 2.45) is 5.73 Å². The van der Waals surface area contributed by atoms with Crippen LogP contribution < -0.4 is 5.73 Å². The summed E-state index contributed by atoms with van der Waals surface area (Å²) < 4.78 is 18.9. The van der Waals surface area contributed by atoms with Crippen LogP contribution in [0.4, 0.5) is 4.39 Å². The Labute approximate surface area is 135 Å². The van der Waals surface area contributed by atoms with Crippen LogP contribution >= 0.6 is 11.8 Å². The summed E-state index contributed by atoms with van der Waals surface area (Å²) in [4.78, 5) is 14.2. The Morgan fingerprint density at radius 3 is 2.77 bits per heavy atom. The molecule has 0 aromatic heterocycles. The quantitative estimate of drug-likeness (QED) is 0.901. The number of thioether (sulfide) groups is 1. The highest BCUT2D eigenvalue weighted by molar-refractivity contribution is 7.98. The number of benzene rings is 1. The minimum Gasteiger partial charge on any atom is -0.367 e. The molecule has 0 bridgehead atoms. The summed E-state index contributed by atoms with van der Waals surface area (Å²) in [5.74, 6) is 0.560. The lowest BCUT2D eigenvalue weighted by atomic mass is 10.1. The summed E-state index contributed by atoms with van der Waals surface area (Å²) in [6.45, 7) is 2.94. The van der Waals surface area contributed by atoms with E-state index in [1.165, 1.54) is 12.1 Å². The molecule has 2 rings (SSSR count). The van der Waals surface area contributed by atoms with Crippen molar-refractivity contribution in [3.05, 3.63) is 35.6 Å². The maximum Gasteiger partial charge on any atom is 0.239 e. The fourth-order valence-corrected chi connectivity index (χ4v) is 3.09. The first-order valence-corrected chi connectivity index (χ1v) is 8.85. The predicted octanol–water partition coefficient (Wildman–Crippen LogP) is 2.19. The van der Waals surface area contributed by atoms with Gasteiger partial charge in [-0.15, -0.1) is 0 Å². The molecule has 1 aromatic carbocycles. The molecular formula is C16H23FN2O2S. The molecule has 0 aliphatic carbocycles. The van der Waals surface area contributed by atoms with Gasteiger partial charge in [0.15, 0.2) is 0 Å². The molecule has 1 heterocycles. The average molecular weight is 326 g/mol. The maximum atomic E-state index is 13.0. The zero-order valence-corrected chi connectivity index (χ0v) is 13.8. The van der Waals surface area contributed by atoms with E-state index >= 15 is 0 Å². The van der Waals surface area contributed by atoms with E-state index in [0.717, 1.165) is 11.3 Å². The number of nitrogens with zero attached hydrogens (tertiary/aromatic N) is 1. The third kappa shape index (κ3) is 4.44. The Morgan fingerprint density at radius 1 is 1.45 bits per heavy atom. The van der Waals surface area contributed by atoms with Crippen molar-refractivity contribution in [2.45, 2.75) is 31.6 Å². The summed E-state index contributed by atoms with van der Waals surface area (Å²) in [7, 11) is 0. The van der Waals surface area contributed by atoms with E-state index in [9.17, 15) is 9.18 Å². The van der Waals surface area contributed by atoms with Crippen LogP contribution in [0.25, 0.3) is 0 Å². The number of carbonyl (C=O) groups excluding carboxylic acids is 1. The Balaban J connectivity index is 2.04. The number of halogens is 1. The molecule has 1 saturated heterocycles. The van der Waals surface area contributed by atoms with Gasteiger partial charge < -0.3 is 15.4 Å². The van der Waals surface area contributed by atoms with E-state index in [4.69, 9.17) is 10.5 Å². The van der Waals surface area contributed by atoms with E-state index in [0.29, 0.717) is 19.5 Å². The minimum absolute atomic E-state index is 0.0312. The van der Waals surface area contributed by atoms with Gasteiger partial charge in [0.25, 0.3) is 0 Å². The first-order chi connectivity index (χ1) is 10.5. The highest BCUT2D eigenvalue weighted by Gasteiger charge is 2.31. The van der Waals surface area contributed by atoms with E-state index in [-0.39, 0.29) is 23.9 Å². The zero-order valence-electron chi connectivity index (χ0n) is 13.0. The first-order valence-electron chi connectivity index (χ1n) is 7.45. The van der Waals surface area contributed by atoms with Crippen molar-refractivity contribution in [3.63, 3.8) is 0 Å². The number of carbonyl (C=O) groups is 1. The molecule has 3 atom stereocenters. The Bertz CT molecular complexity index is 497. The summed E-state index contributed by atoms with van der Waals surface area (Å²) in [5, 5.41) is 0. The second-order valence-corrected chi connectivity index (χ2v) is 6.60. The summed E-state index contributed by atoms with van der Waals surface area (Å²) >= 11 is 1.68. The number of morpholine rings is 1. The van der Waals surface area contributed by atoms with Gasteiger partial charge in [-0.05, 0) is 43.0 Å². The summed E-state index contributed by atoms with van der Waals surface area (Å²) in [6, 6.07) is 5.76. The van der Waals surface area contributed by atoms with Gasteiger partial charge in [-0.3, -0.25) is 4.79 Å². The monoisotopic (exact) mass is 326 g/mol. The Kier molecular flexibility index (Phi) is 6.23. The third-order valence-corrected chi connectivity index (χ3v) is 4.41. The maximum absolute atomic E-state index is 13.0. The molecule has 1 aromatic rings. The number of hydrogen-bond acceptors (Lipinski definition) is 4. The number of ether oxygens (including phenoxy) is 1. The highest BCUT2D eigenvalue weighted by atomic mass is 32.2. The van der Waals surface area contributed by atoms with Crippen LogP contribution in [-0.4, -0.2) is 48.1 Å². The van der Waals surface area contributed by atoms with Crippen LogP contribution in [0.2, 0.25) is 0 Å². The van der Waals surface area contributed by atoms with Crippen molar-refractivity contribution >= 4 is 17.7 Å². The van der Waals surface area contributed by atoms with Gasteiger partial charge in [0.1, 0.15) is 11.9 Å². The fraction of sp³-hybridized carbons (Fsp3) is 0.562. The standard InChI is InChI=1S/C16H23FN2O2S/c1-11-9-19(16(20)14(18)7-8-22-2)10-15(21-11)12-3-5-13(17)6-4-12/h3-6,11,14-15H,7-10,18H2,1-2H3/t11?,14-,15?/m0/s1. The Hall–Kier alpha value is -1.11. The molecule has 1 aliphatic heterocycles. The second kappa shape index (κ2) is 7.94. The average Bonchev–Trinajstić information content (AvgIpc) is 2.52. The number of amides is 1. The van der Waals surface area contributed by atoms with E-state index in [1.54, 1.807) is 28.8 Å². The molecule has 4 nitrogen and oxygen atoms in total. The molecule has 0 spiro atoms. The molecule has 0 saturated carbocycles. The number of rotatable bonds is 5. The van der Waals surface area contributed by atoms with Crippen molar-refractivity contribution in [1.82, 2.24) is 4.90 Å². The first kappa shape index (κ1) is 17.2. The zero-order chi connectivity index (χ0) is 16.1. The van der Waals surface area contributed by atoms with Crippen molar-refractivity contribution in [3.8, 4) is 0 Å². The van der Waals surface area contributed by atoms with Crippen LogP contribution in [-0.2, 0) is 9.53 Å².